The molecule has 0 saturated heterocycles. The van der Waals surface area contributed by atoms with E-state index >= 15 is 0 Å². The molecule has 1 N–H and O–H groups in total. The summed E-state index contributed by atoms with van der Waals surface area (Å²) in [6, 6.07) is 0. The Labute approximate surface area is 116 Å². The standard InChI is InChI=1S/C13H18N4OS/c1-9-10(6-4-8-18)15-16-17(9)13-14-11-5-2-3-7-12(11)19-13/h18H,2-8H2,1H3. The number of hydrogen-bond donors (Lipinski definition) is 1. The van der Waals surface area contributed by atoms with Crippen molar-refractivity contribution in [2.24, 2.45) is 0 Å². The SMILES string of the molecule is Cc1c(CCCO)nnn1-c1nc2c(s1)CCCC2. The lowest BCUT2D eigenvalue weighted by Gasteiger charge is -2.06. The van der Waals surface area contributed by atoms with Crippen LogP contribution < -0.4 is 0 Å². The second-order valence-corrected chi connectivity index (χ2v) is 6.00. The van der Waals surface area contributed by atoms with Gasteiger partial charge in [0.1, 0.15) is 0 Å². The zero-order valence-electron chi connectivity index (χ0n) is 11.1. The molecule has 1 aliphatic carbocycles. The average molecular weight is 278 g/mol. The summed E-state index contributed by atoms with van der Waals surface area (Å²) in [4.78, 5) is 6.12. The molecule has 0 atom stereocenters. The maximum Gasteiger partial charge on any atom is 0.212 e. The Bertz CT molecular complexity index is 552. The minimum atomic E-state index is 0.192. The van der Waals surface area contributed by atoms with Crippen molar-refractivity contribution in [3.8, 4) is 5.13 Å². The van der Waals surface area contributed by atoms with Gasteiger partial charge in [0.15, 0.2) is 0 Å². The summed E-state index contributed by atoms with van der Waals surface area (Å²) in [5, 5.41) is 18.2. The van der Waals surface area contributed by atoms with Gasteiger partial charge in [-0.05, 0) is 45.4 Å². The summed E-state index contributed by atoms with van der Waals surface area (Å²) in [5.41, 5.74) is 3.25. The fourth-order valence-corrected chi connectivity index (χ4v) is 3.60. The number of aliphatic hydroxyl groups is 1. The molecule has 0 amide bonds. The van der Waals surface area contributed by atoms with Crippen molar-refractivity contribution in [1.29, 1.82) is 0 Å². The number of aliphatic hydroxyl groups excluding tert-OH is 1. The highest BCUT2D eigenvalue weighted by molar-refractivity contribution is 7.14. The van der Waals surface area contributed by atoms with E-state index in [-0.39, 0.29) is 6.61 Å². The molecule has 0 spiro atoms. The van der Waals surface area contributed by atoms with E-state index in [1.165, 1.54) is 23.4 Å². The van der Waals surface area contributed by atoms with Gasteiger partial charge in [0.05, 0.1) is 17.1 Å². The highest BCUT2D eigenvalue weighted by Crippen LogP contribution is 2.29. The van der Waals surface area contributed by atoms with Crippen LogP contribution >= 0.6 is 11.3 Å². The number of rotatable bonds is 4. The van der Waals surface area contributed by atoms with E-state index < -0.39 is 0 Å². The molecule has 1 aliphatic rings. The molecule has 3 rings (SSSR count). The zero-order chi connectivity index (χ0) is 13.2. The molecule has 102 valence electrons. The van der Waals surface area contributed by atoms with Crippen molar-refractivity contribution >= 4 is 11.3 Å². The Hall–Kier alpha value is -1.27. The van der Waals surface area contributed by atoms with Gasteiger partial charge >= 0.3 is 0 Å². The number of hydrogen-bond acceptors (Lipinski definition) is 5. The number of thiazole rings is 1. The molecule has 6 heteroatoms. The lowest BCUT2D eigenvalue weighted by atomic mass is 10.0. The minimum absolute atomic E-state index is 0.192. The van der Waals surface area contributed by atoms with Gasteiger partial charge in [-0.1, -0.05) is 16.6 Å². The Morgan fingerprint density at radius 2 is 2.16 bits per heavy atom. The third-order valence-electron chi connectivity index (χ3n) is 3.58. The molecule has 0 saturated carbocycles. The van der Waals surface area contributed by atoms with E-state index in [4.69, 9.17) is 10.1 Å². The molecular formula is C13H18N4OS. The molecule has 0 aromatic carbocycles. The Balaban J connectivity index is 1.89. The first-order valence-electron chi connectivity index (χ1n) is 6.80. The summed E-state index contributed by atoms with van der Waals surface area (Å²) < 4.78 is 1.84. The van der Waals surface area contributed by atoms with Crippen LogP contribution in [0.4, 0.5) is 0 Å². The molecule has 0 fully saturated rings. The minimum Gasteiger partial charge on any atom is -0.396 e. The summed E-state index contributed by atoms with van der Waals surface area (Å²) in [6.45, 7) is 2.21. The van der Waals surface area contributed by atoms with Crippen LogP contribution in [0.3, 0.4) is 0 Å². The number of aromatic nitrogens is 4. The van der Waals surface area contributed by atoms with Crippen molar-refractivity contribution in [2.75, 3.05) is 6.61 Å². The second kappa shape index (κ2) is 5.38. The van der Waals surface area contributed by atoms with Crippen molar-refractivity contribution in [1.82, 2.24) is 20.0 Å². The third kappa shape index (κ3) is 2.42. The fraction of sp³-hybridized carbons (Fsp3) is 0.615. The molecule has 2 aromatic heterocycles. The maximum absolute atomic E-state index is 8.89. The number of aryl methyl sites for hydroxylation is 3. The molecule has 5 nitrogen and oxygen atoms in total. The highest BCUT2D eigenvalue weighted by Gasteiger charge is 2.18. The molecule has 0 bridgehead atoms. The largest absolute Gasteiger partial charge is 0.396 e. The van der Waals surface area contributed by atoms with Crippen molar-refractivity contribution in [3.63, 3.8) is 0 Å². The first-order valence-corrected chi connectivity index (χ1v) is 7.62. The van der Waals surface area contributed by atoms with Crippen molar-refractivity contribution in [3.05, 3.63) is 22.0 Å². The second-order valence-electron chi connectivity index (χ2n) is 4.93. The van der Waals surface area contributed by atoms with Crippen LogP contribution in [0.5, 0.6) is 0 Å². The predicted octanol–water partition coefficient (Wildman–Crippen LogP) is 1.84. The van der Waals surface area contributed by atoms with Crippen LogP contribution in [0, 0.1) is 6.92 Å². The lowest BCUT2D eigenvalue weighted by molar-refractivity contribution is 0.288. The van der Waals surface area contributed by atoms with Gasteiger partial charge in [-0.15, -0.1) is 5.10 Å². The fourth-order valence-electron chi connectivity index (χ4n) is 2.45. The Morgan fingerprint density at radius 1 is 1.32 bits per heavy atom. The van der Waals surface area contributed by atoms with Crippen LogP contribution in [0.1, 0.15) is 41.2 Å². The van der Waals surface area contributed by atoms with Crippen LogP contribution in [0.2, 0.25) is 0 Å². The summed E-state index contributed by atoms with van der Waals surface area (Å²) in [7, 11) is 0. The van der Waals surface area contributed by atoms with E-state index in [9.17, 15) is 0 Å². The summed E-state index contributed by atoms with van der Waals surface area (Å²) >= 11 is 1.74. The molecule has 19 heavy (non-hydrogen) atoms. The van der Waals surface area contributed by atoms with E-state index in [1.54, 1.807) is 11.3 Å². The quantitative estimate of drug-likeness (QED) is 0.927. The van der Waals surface area contributed by atoms with E-state index in [0.717, 1.165) is 42.2 Å². The smallest absolute Gasteiger partial charge is 0.212 e. The topological polar surface area (TPSA) is 63.8 Å². The van der Waals surface area contributed by atoms with Crippen LogP contribution in [-0.2, 0) is 19.3 Å². The monoisotopic (exact) mass is 278 g/mol. The molecule has 0 radical (unpaired) electrons. The van der Waals surface area contributed by atoms with Gasteiger partial charge in [-0.25, -0.2) is 4.98 Å². The lowest BCUT2D eigenvalue weighted by Crippen LogP contribution is -2.01. The maximum atomic E-state index is 8.89. The first kappa shape index (κ1) is 12.7. The normalized spacial score (nSPS) is 14.6. The summed E-state index contributed by atoms with van der Waals surface area (Å²) in [6.07, 6.45) is 6.26. The predicted molar refractivity (Wildman–Crippen MR) is 73.8 cm³/mol. The first-order chi connectivity index (χ1) is 9.29. The number of nitrogens with zero attached hydrogens (tertiary/aromatic N) is 4. The average Bonchev–Trinajstić information content (AvgIpc) is 2.99. The van der Waals surface area contributed by atoms with Crippen molar-refractivity contribution < 1.29 is 5.11 Å². The van der Waals surface area contributed by atoms with E-state index in [2.05, 4.69) is 10.3 Å². The number of fused-ring (bicyclic) bond motifs is 1. The third-order valence-corrected chi connectivity index (χ3v) is 4.71. The molecule has 2 heterocycles. The van der Waals surface area contributed by atoms with E-state index in [0.29, 0.717) is 0 Å². The van der Waals surface area contributed by atoms with Gasteiger partial charge in [0.25, 0.3) is 0 Å². The van der Waals surface area contributed by atoms with Crippen LogP contribution in [0.25, 0.3) is 5.13 Å². The van der Waals surface area contributed by atoms with Crippen molar-refractivity contribution in [2.45, 2.75) is 45.4 Å². The highest BCUT2D eigenvalue weighted by atomic mass is 32.1. The summed E-state index contributed by atoms with van der Waals surface area (Å²) in [5.74, 6) is 0. The molecule has 2 aromatic rings. The van der Waals surface area contributed by atoms with Crippen LogP contribution in [0.15, 0.2) is 0 Å². The van der Waals surface area contributed by atoms with Crippen LogP contribution in [-0.4, -0.2) is 31.7 Å². The zero-order valence-corrected chi connectivity index (χ0v) is 11.9. The van der Waals surface area contributed by atoms with Gasteiger partial charge in [-0.3, -0.25) is 0 Å². The molecular weight excluding hydrogens is 260 g/mol. The Kier molecular flexibility index (Phi) is 3.61. The van der Waals surface area contributed by atoms with E-state index in [1.807, 2.05) is 11.6 Å². The van der Waals surface area contributed by atoms with Gasteiger partial charge < -0.3 is 5.11 Å². The van der Waals surface area contributed by atoms with Gasteiger partial charge in [-0.2, -0.15) is 4.68 Å². The van der Waals surface area contributed by atoms with Gasteiger partial charge in [0, 0.05) is 11.5 Å². The van der Waals surface area contributed by atoms with Gasteiger partial charge in [0.2, 0.25) is 5.13 Å². The molecule has 0 aliphatic heterocycles. The Morgan fingerprint density at radius 3 is 2.95 bits per heavy atom. The molecule has 0 unspecified atom stereocenters.